The number of carboxylic acid groups (broad SMARTS) is 1. The van der Waals surface area contributed by atoms with Gasteiger partial charge in [0.05, 0.1) is 11.9 Å². The zero-order chi connectivity index (χ0) is 12.7. The maximum absolute atomic E-state index is 10.5. The van der Waals surface area contributed by atoms with Gasteiger partial charge in [-0.15, -0.1) is 0 Å². The average Bonchev–Trinajstić information content (AvgIpc) is 2.48. The van der Waals surface area contributed by atoms with E-state index < -0.39 is 12.0 Å². The lowest BCUT2D eigenvalue weighted by Gasteiger charge is -2.11. The molecule has 5 N–H and O–H groups in total. The summed E-state index contributed by atoms with van der Waals surface area (Å²) < 4.78 is 0. The van der Waals surface area contributed by atoms with Crippen LogP contribution in [-0.4, -0.2) is 29.0 Å². The topological polar surface area (TPSA) is 102 Å². The van der Waals surface area contributed by atoms with Crippen LogP contribution >= 0.6 is 0 Å². The number of aliphatic carboxylic acids is 1. The van der Waals surface area contributed by atoms with Gasteiger partial charge in [0.2, 0.25) is 0 Å². The fraction of sp³-hybridized carbons (Fsp3) is 0.833. The van der Waals surface area contributed by atoms with Crippen molar-refractivity contribution in [2.24, 2.45) is 16.5 Å². The Morgan fingerprint density at radius 3 is 2.94 bits per heavy atom. The first kappa shape index (κ1) is 14.0. The third kappa shape index (κ3) is 5.68. The van der Waals surface area contributed by atoms with Crippen LogP contribution in [0.2, 0.25) is 0 Å². The third-order valence-electron chi connectivity index (χ3n) is 3.19. The predicted octanol–water partition coefficient (Wildman–Crippen LogP) is 1.26. The van der Waals surface area contributed by atoms with E-state index in [0.29, 0.717) is 12.5 Å². The molecule has 0 radical (unpaired) electrons. The van der Waals surface area contributed by atoms with Crippen LogP contribution in [0.3, 0.4) is 0 Å². The van der Waals surface area contributed by atoms with Crippen LogP contribution in [0.25, 0.3) is 0 Å². The number of carbonyl (C=O) groups is 1. The molecule has 0 fully saturated rings. The van der Waals surface area contributed by atoms with Crippen molar-refractivity contribution in [2.75, 3.05) is 0 Å². The minimum absolute atomic E-state index is 0.332. The molecule has 5 nitrogen and oxygen atoms in total. The van der Waals surface area contributed by atoms with Gasteiger partial charge in [-0.3, -0.25) is 9.79 Å². The molecule has 1 rings (SSSR count). The van der Waals surface area contributed by atoms with Crippen LogP contribution < -0.4 is 11.5 Å². The van der Waals surface area contributed by atoms with Crippen molar-refractivity contribution in [3.8, 4) is 0 Å². The number of hydrogen-bond donors (Lipinski definition) is 3. The second-order valence-corrected chi connectivity index (χ2v) is 4.75. The van der Waals surface area contributed by atoms with Crippen LogP contribution in [0.15, 0.2) is 4.99 Å². The van der Waals surface area contributed by atoms with Crippen molar-refractivity contribution in [3.05, 3.63) is 0 Å². The van der Waals surface area contributed by atoms with Crippen molar-refractivity contribution in [2.45, 2.75) is 63.5 Å². The molecule has 17 heavy (non-hydrogen) atoms. The Balaban J connectivity index is 2.17. The fourth-order valence-electron chi connectivity index (χ4n) is 2.13. The van der Waals surface area contributed by atoms with E-state index in [1.54, 1.807) is 0 Å². The lowest BCUT2D eigenvalue weighted by atomic mass is 10.0. The van der Waals surface area contributed by atoms with Gasteiger partial charge in [0.25, 0.3) is 0 Å². The Bertz CT molecular complexity index is 279. The highest BCUT2D eigenvalue weighted by atomic mass is 16.4. The van der Waals surface area contributed by atoms with Crippen molar-refractivity contribution in [1.29, 1.82) is 0 Å². The molecular formula is C12H23N3O2. The summed E-state index contributed by atoms with van der Waals surface area (Å²) in [7, 11) is 0. The molecule has 0 unspecified atom stereocenters. The summed E-state index contributed by atoms with van der Waals surface area (Å²) in [5.41, 5.74) is 11.2. The smallest absolute Gasteiger partial charge is 0.320 e. The van der Waals surface area contributed by atoms with Gasteiger partial charge in [-0.2, -0.15) is 0 Å². The minimum Gasteiger partial charge on any atom is -0.480 e. The van der Waals surface area contributed by atoms with Gasteiger partial charge in [-0.1, -0.05) is 19.3 Å². The molecule has 0 aromatic carbocycles. The van der Waals surface area contributed by atoms with E-state index in [1.165, 1.54) is 6.42 Å². The van der Waals surface area contributed by atoms with Gasteiger partial charge in [0.1, 0.15) is 6.04 Å². The van der Waals surface area contributed by atoms with E-state index in [1.807, 2.05) is 0 Å². The molecule has 0 saturated heterocycles. The summed E-state index contributed by atoms with van der Waals surface area (Å²) in [4.78, 5) is 15.0. The Morgan fingerprint density at radius 1 is 1.47 bits per heavy atom. The zero-order valence-corrected chi connectivity index (χ0v) is 10.3. The van der Waals surface area contributed by atoms with Crippen molar-refractivity contribution >= 4 is 11.8 Å². The number of amidine groups is 1. The first-order valence-corrected chi connectivity index (χ1v) is 6.40. The molecule has 0 aliphatic carbocycles. The fourth-order valence-corrected chi connectivity index (χ4v) is 2.13. The number of unbranched alkanes of at least 4 members (excludes halogenated alkanes) is 1. The Kier molecular flexibility index (Phi) is 5.97. The number of nitrogens with two attached hydrogens (primary N) is 2. The molecule has 0 aromatic heterocycles. The Morgan fingerprint density at radius 2 is 2.24 bits per heavy atom. The molecule has 0 saturated carbocycles. The lowest BCUT2D eigenvalue weighted by molar-refractivity contribution is -0.138. The van der Waals surface area contributed by atoms with Gasteiger partial charge in [-0.25, -0.2) is 0 Å². The molecule has 98 valence electrons. The van der Waals surface area contributed by atoms with E-state index in [9.17, 15) is 4.79 Å². The van der Waals surface area contributed by atoms with Crippen molar-refractivity contribution < 1.29 is 9.90 Å². The largest absolute Gasteiger partial charge is 0.480 e. The number of rotatable bonds is 6. The number of hydrogen-bond acceptors (Lipinski definition) is 4. The molecule has 1 aliphatic rings. The maximum Gasteiger partial charge on any atom is 0.320 e. The zero-order valence-electron chi connectivity index (χ0n) is 10.3. The van der Waals surface area contributed by atoms with Gasteiger partial charge in [0, 0.05) is 6.42 Å². The van der Waals surface area contributed by atoms with E-state index in [2.05, 4.69) is 4.99 Å². The third-order valence-corrected chi connectivity index (χ3v) is 3.19. The van der Waals surface area contributed by atoms with Crippen LogP contribution in [0.5, 0.6) is 0 Å². The number of carboxylic acids is 1. The predicted molar refractivity (Wildman–Crippen MR) is 68.0 cm³/mol. The number of aliphatic imine (C=N–C) groups is 1. The quantitative estimate of drug-likeness (QED) is 0.609. The highest BCUT2D eigenvalue weighted by molar-refractivity contribution is 5.80. The molecule has 2 atom stereocenters. The van der Waals surface area contributed by atoms with Crippen molar-refractivity contribution in [3.63, 3.8) is 0 Å². The Hall–Kier alpha value is -1.10. The molecule has 0 bridgehead atoms. The first-order chi connectivity index (χ1) is 8.09. The number of nitrogens with zero attached hydrogens (tertiary/aromatic N) is 1. The van der Waals surface area contributed by atoms with Gasteiger partial charge in [-0.05, 0) is 25.7 Å². The lowest BCUT2D eigenvalue weighted by Crippen LogP contribution is -2.29. The highest BCUT2D eigenvalue weighted by Crippen LogP contribution is 2.17. The van der Waals surface area contributed by atoms with Crippen LogP contribution in [0.1, 0.15) is 51.4 Å². The summed E-state index contributed by atoms with van der Waals surface area (Å²) in [6.45, 7) is 0. The molecule has 0 spiro atoms. The van der Waals surface area contributed by atoms with Gasteiger partial charge < -0.3 is 16.6 Å². The normalized spacial score (nSPS) is 22.6. The highest BCUT2D eigenvalue weighted by Gasteiger charge is 2.13. The second kappa shape index (κ2) is 7.27. The van der Waals surface area contributed by atoms with Crippen molar-refractivity contribution in [1.82, 2.24) is 0 Å². The second-order valence-electron chi connectivity index (χ2n) is 4.75. The monoisotopic (exact) mass is 241 g/mol. The molecular weight excluding hydrogens is 218 g/mol. The molecule has 1 aliphatic heterocycles. The molecule has 0 amide bonds. The minimum atomic E-state index is -0.915. The van der Waals surface area contributed by atoms with Gasteiger partial charge in [0.15, 0.2) is 0 Å². The SMILES string of the molecule is NC1=N[C@H](CCCC[C@H](N)C(=O)O)CCCC1. The molecule has 1 heterocycles. The maximum atomic E-state index is 10.5. The summed E-state index contributed by atoms with van der Waals surface area (Å²) in [6, 6.07) is -0.392. The van der Waals surface area contributed by atoms with E-state index in [-0.39, 0.29) is 0 Å². The van der Waals surface area contributed by atoms with E-state index in [0.717, 1.165) is 44.4 Å². The summed E-state index contributed by atoms with van der Waals surface area (Å²) in [6.07, 6.45) is 7.70. The van der Waals surface area contributed by atoms with E-state index >= 15 is 0 Å². The van der Waals surface area contributed by atoms with Crippen LogP contribution in [-0.2, 0) is 4.79 Å². The van der Waals surface area contributed by atoms with Crippen LogP contribution in [0, 0.1) is 0 Å². The summed E-state index contributed by atoms with van der Waals surface area (Å²) >= 11 is 0. The summed E-state index contributed by atoms with van der Waals surface area (Å²) in [5.74, 6) is -0.142. The van der Waals surface area contributed by atoms with Crippen LogP contribution in [0.4, 0.5) is 0 Å². The summed E-state index contributed by atoms with van der Waals surface area (Å²) in [5, 5.41) is 8.64. The first-order valence-electron chi connectivity index (χ1n) is 6.40. The Labute approximate surface area is 102 Å². The van der Waals surface area contributed by atoms with E-state index in [4.69, 9.17) is 16.6 Å². The average molecular weight is 241 g/mol. The molecule has 0 aromatic rings. The standard InChI is InChI=1S/C12H23N3O2/c13-10(12(16)17)7-3-1-5-9-6-2-4-8-11(14)15-9/h9-10H,1-8,13H2,(H2,14,15)(H,16,17)/t9-,10+/m1/s1. The van der Waals surface area contributed by atoms with Gasteiger partial charge >= 0.3 is 5.97 Å². The molecule has 5 heteroatoms.